The number of hydrogen-bond acceptors (Lipinski definition) is 5. The third-order valence-electron chi connectivity index (χ3n) is 4.34. The lowest BCUT2D eigenvalue weighted by Gasteiger charge is -2.28. The molecule has 1 aliphatic rings. The number of nitrogens with zero attached hydrogens (tertiary/aromatic N) is 2. The van der Waals surface area contributed by atoms with Crippen molar-refractivity contribution in [2.45, 2.75) is 38.1 Å². The first-order chi connectivity index (χ1) is 12.0. The molecule has 1 aromatic heterocycles. The van der Waals surface area contributed by atoms with Gasteiger partial charge in [0.05, 0.1) is 0 Å². The van der Waals surface area contributed by atoms with E-state index in [1.54, 1.807) is 0 Å². The highest BCUT2D eigenvalue weighted by molar-refractivity contribution is 7.20. The van der Waals surface area contributed by atoms with Crippen LogP contribution < -0.4 is 10.0 Å². The summed E-state index contributed by atoms with van der Waals surface area (Å²) in [6, 6.07) is 3.72. The van der Waals surface area contributed by atoms with Gasteiger partial charge in [-0.25, -0.2) is 13.8 Å². The van der Waals surface area contributed by atoms with Crippen LogP contribution in [0.1, 0.15) is 32.1 Å². The molecule has 0 spiro atoms. The first-order valence-corrected chi connectivity index (χ1v) is 9.23. The van der Waals surface area contributed by atoms with Crippen molar-refractivity contribution in [1.29, 1.82) is 0 Å². The molecule has 0 radical (unpaired) electrons. The zero-order chi connectivity index (χ0) is 18.0. The maximum absolute atomic E-state index is 13.5. The lowest BCUT2D eigenvalue weighted by Crippen LogP contribution is -2.37. The van der Waals surface area contributed by atoms with Crippen molar-refractivity contribution in [3.05, 3.63) is 34.2 Å². The Morgan fingerprint density at radius 1 is 1.32 bits per heavy atom. The first-order valence-electron chi connectivity index (χ1n) is 8.04. The van der Waals surface area contributed by atoms with Crippen LogP contribution in [0, 0.1) is 11.6 Å². The van der Waals surface area contributed by atoms with Crippen LogP contribution in [0.4, 0.5) is 13.9 Å². The maximum Gasteiger partial charge on any atom is 0.187 e. The van der Waals surface area contributed by atoms with Gasteiger partial charge in [-0.3, -0.25) is 0 Å². The largest absolute Gasteiger partial charge is 0.550 e. The fraction of sp³-hybridized carbons (Fsp3) is 0.412. The Hall–Kier alpha value is -1.73. The number of carbonyl (C=O) groups is 1. The molecule has 1 aliphatic carbocycles. The van der Waals surface area contributed by atoms with Crippen molar-refractivity contribution in [1.82, 2.24) is 4.98 Å². The van der Waals surface area contributed by atoms with Crippen molar-refractivity contribution < 1.29 is 18.7 Å². The molecular formula is C17H16ClF2N2O2S-. The number of rotatable bonds is 6. The van der Waals surface area contributed by atoms with Crippen LogP contribution in [-0.4, -0.2) is 23.5 Å². The number of anilines is 1. The number of aliphatic carboxylic acids is 1. The van der Waals surface area contributed by atoms with Gasteiger partial charge in [-0.15, -0.1) is 0 Å². The maximum atomic E-state index is 13.5. The normalized spacial score (nSPS) is 14.8. The zero-order valence-electron chi connectivity index (χ0n) is 13.3. The van der Waals surface area contributed by atoms with Crippen LogP contribution in [-0.2, 0) is 4.79 Å². The fourth-order valence-electron chi connectivity index (χ4n) is 3.10. The number of benzene rings is 1. The van der Waals surface area contributed by atoms with Gasteiger partial charge in [0.25, 0.3) is 0 Å². The number of aromatic nitrogens is 1. The summed E-state index contributed by atoms with van der Waals surface area (Å²) < 4.78 is 27.0. The molecule has 0 unspecified atom stereocenters. The van der Waals surface area contributed by atoms with Crippen molar-refractivity contribution in [2.75, 3.05) is 11.4 Å². The quantitative estimate of drug-likeness (QED) is 0.762. The molecule has 4 nitrogen and oxygen atoms in total. The zero-order valence-corrected chi connectivity index (χ0v) is 14.9. The standard InChI is InChI=1S/C17H17ClF2N2O2S/c18-16-15(10-5-6-12(19)13(20)9-10)21-17(25-16)22(8-7-14(23)24)11-3-1-2-4-11/h5-6,9,11H,1-4,7-8H2,(H,23,24)/p-1. The molecule has 134 valence electrons. The molecule has 0 bridgehead atoms. The molecule has 3 rings (SSSR count). The van der Waals surface area contributed by atoms with Crippen molar-refractivity contribution in [3.8, 4) is 11.3 Å². The summed E-state index contributed by atoms with van der Waals surface area (Å²) in [5.74, 6) is -3.02. The molecule has 0 atom stereocenters. The molecular weight excluding hydrogens is 370 g/mol. The van der Waals surface area contributed by atoms with E-state index < -0.39 is 17.6 Å². The number of carboxylic acids is 1. The summed E-state index contributed by atoms with van der Waals surface area (Å²) in [6.45, 7) is 0.286. The minimum absolute atomic E-state index is 0.103. The van der Waals surface area contributed by atoms with E-state index >= 15 is 0 Å². The molecule has 1 heterocycles. The van der Waals surface area contributed by atoms with Gasteiger partial charge in [0.15, 0.2) is 16.8 Å². The monoisotopic (exact) mass is 385 g/mol. The summed E-state index contributed by atoms with van der Waals surface area (Å²) in [5.41, 5.74) is 0.759. The van der Waals surface area contributed by atoms with Crippen LogP contribution in [0.2, 0.25) is 4.34 Å². The van der Waals surface area contributed by atoms with Gasteiger partial charge in [0, 0.05) is 30.5 Å². The van der Waals surface area contributed by atoms with Crippen molar-refractivity contribution in [3.63, 3.8) is 0 Å². The Morgan fingerprint density at radius 3 is 2.68 bits per heavy atom. The highest BCUT2D eigenvalue weighted by atomic mass is 35.5. The van der Waals surface area contributed by atoms with E-state index in [-0.39, 0.29) is 19.0 Å². The van der Waals surface area contributed by atoms with Gasteiger partial charge < -0.3 is 14.8 Å². The summed E-state index contributed by atoms with van der Waals surface area (Å²) in [4.78, 5) is 17.3. The van der Waals surface area contributed by atoms with Gasteiger partial charge in [-0.1, -0.05) is 35.8 Å². The summed E-state index contributed by atoms with van der Waals surface area (Å²) >= 11 is 7.49. The molecule has 0 aliphatic heterocycles. The predicted octanol–water partition coefficient (Wildman–Crippen LogP) is 3.63. The average Bonchev–Trinajstić information content (AvgIpc) is 3.20. The van der Waals surface area contributed by atoms with Gasteiger partial charge in [-0.05, 0) is 31.0 Å². The number of carbonyl (C=O) groups excluding carboxylic acids is 1. The summed E-state index contributed by atoms with van der Waals surface area (Å²) in [6.07, 6.45) is 3.99. The second-order valence-corrected chi connectivity index (χ2v) is 7.58. The van der Waals surface area contributed by atoms with E-state index in [1.807, 2.05) is 4.90 Å². The van der Waals surface area contributed by atoms with Crippen molar-refractivity contribution in [2.24, 2.45) is 0 Å². The Balaban J connectivity index is 1.91. The van der Waals surface area contributed by atoms with Gasteiger partial charge in [0.2, 0.25) is 0 Å². The van der Waals surface area contributed by atoms with E-state index in [1.165, 1.54) is 17.4 Å². The van der Waals surface area contributed by atoms with E-state index in [9.17, 15) is 18.7 Å². The molecule has 1 aromatic carbocycles. The number of halogens is 3. The molecule has 1 saturated carbocycles. The lowest BCUT2D eigenvalue weighted by atomic mass is 10.1. The minimum atomic E-state index is -1.12. The lowest BCUT2D eigenvalue weighted by molar-refractivity contribution is -0.305. The van der Waals surface area contributed by atoms with E-state index in [2.05, 4.69) is 4.98 Å². The number of thiazole rings is 1. The van der Waals surface area contributed by atoms with E-state index in [4.69, 9.17) is 11.6 Å². The second-order valence-electron chi connectivity index (χ2n) is 6.00. The molecule has 8 heteroatoms. The van der Waals surface area contributed by atoms with Gasteiger partial charge >= 0.3 is 0 Å². The average molecular weight is 386 g/mol. The van der Waals surface area contributed by atoms with Gasteiger partial charge in [-0.2, -0.15) is 0 Å². The highest BCUT2D eigenvalue weighted by Gasteiger charge is 2.26. The number of carboxylic acid groups (broad SMARTS) is 1. The van der Waals surface area contributed by atoms with Crippen LogP contribution >= 0.6 is 22.9 Å². The highest BCUT2D eigenvalue weighted by Crippen LogP contribution is 2.39. The molecule has 25 heavy (non-hydrogen) atoms. The Morgan fingerprint density at radius 2 is 2.04 bits per heavy atom. The topological polar surface area (TPSA) is 56.3 Å². The molecule has 0 N–H and O–H groups in total. The first kappa shape index (κ1) is 18.1. The minimum Gasteiger partial charge on any atom is -0.550 e. The smallest absolute Gasteiger partial charge is 0.187 e. The van der Waals surface area contributed by atoms with Crippen LogP contribution in [0.5, 0.6) is 0 Å². The molecule has 2 aromatic rings. The van der Waals surface area contributed by atoms with Gasteiger partial charge in [0.1, 0.15) is 10.0 Å². The van der Waals surface area contributed by atoms with E-state index in [0.717, 1.165) is 37.8 Å². The predicted molar refractivity (Wildman–Crippen MR) is 91.7 cm³/mol. The molecule has 0 amide bonds. The Kier molecular flexibility index (Phi) is 5.54. The van der Waals surface area contributed by atoms with Crippen LogP contribution in [0.15, 0.2) is 18.2 Å². The molecule has 0 saturated heterocycles. The van der Waals surface area contributed by atoms with Crippen molar-refractivity contribution >= 4 is 34.0 Å². The SMILES string of the molecule is O=C([O-])CCN(c1nc(-c2ccc(F)c(F)c2)c(Cl)s1)C1CCCC1. The molecule has 1 fully saturated rings. The van der Waals surface area contributed by atoms with E-state index in [0.29, 0.717) is 20.7 Å². The second kappa shape index (κ2) is 7.66. The summed E-state index contributed by atoms with van der Waals surface area (Å²) in [5, 5.41) is 11.5. The summed E-state index contributed by atoms with van der Waals surface area (Å²) in [7, 11) is 0. The third kappa shape index (κ3) is 4.10. The Bertz CT molecular complexity index is 778. The van der Waals surface area contributed by atoms with Crippen LogP contribution in [0.25, 0.3) is 11.3 Å². The number of hydrogen-bond donors (Lipinski definition) is 0. The third-order valence-corrected chi connectivity index (χ3v) is 5.63. The fourth-order valence-corrected chi connectivity index (χ4v) is 4.37. The van der Waals surface area contributed by atoms with Crippen LogP contribution in [0.3, 0.4) is 0 Å². The Labute approximate surface area is 153 Å².